The summed E-state index contributed by atoms with van der Waals surface area (Å²) in [5.74, 6) is 0.897. The van der Waals surface area contributed by atoms with E-state index in [4.69, 9.17) is 9.15 Å². The molecule has 1 aliphatic carbocycles. The molecule has 2 aliphatic heterocycles. The van der Waals surface area contributed by atoms with E-state index >= 15 is 0 Å². The van der Waals surface area contributed by atoms with Crippen molar-refractivity contribution in [1.82, 2.24) is 15.1 Å². The highest BCUT2D eigenvalue weighted by Crippen LogP contribution is 2.49. The third kappa shape index (κ3) is 4.70. The fourth-order valence-electron chi connectivity index (χ4n) is 6.05. The van der Waals surface area contributed by atoms with Gasteiger partial charge in [-0.1, -0.05) is 12.8 Å². The number of benzene rings is 1. The number of rotatable bonds is 5. The standard InChI is InChI=1S/C27H39N3O4/c1-19-23-21(33-25(19)26(32)28-12-7-13-30-16-14-29(2)15-17-30)8-9-22-24(23)20(31)18-27(34-22)10-5-3-4-6-11-27/h8-9,20,31H,3-7,10-18H2,1-2H3,(H,28,32). The summed E-state index contributed by atoms with van der Waals surface area (Å²) in [5, 5.41) is 15.1. The van der Waals surface area contributed by atoms with Gasteiger partial charge in [-0.2, -0.15) is 0 Å². The van der Waals surface area contributed by atoms with Crippen LogP contribution in [0.1, 0.15) is 79.2 Å². The van der Waals surface area contributed by atoms with Crippen molar-refractivity contribution >= 4 is 16.9 Å². The maximum absolute atomic E-state index is 12.9. The quantitative estimate of drug-likeness (QED) is 0.644. The zero-order valence-electron chi connectivity index (χ0n) is 20.7. The molecule has 2 fully saturated rings. The van der Waals surface area contributed by atoms with Crippen LogP contribution in [0.5, 0.6) is 5.75 Å². The Hall–Kier alpha value is -2.09. The molecule has 1 saturated heterocycles. The summed E-state index contributed by atoms with van der Waals surface area (Å²) < 4.78 is 12.6. The molecule has 1 saturated carbocycles. The van der Waals surface area contributed by atoms with Crippen molar-refractivity contribution in [2.24, 2.45) is 0 Å². The third-order valence-corrected chi connectivity index (χ3v) is 8.07. The van der Waals surface area contributed by atoms with E-state index in [9.17, 15) is 9.90 Å². The molecule has 3 aliphatic rings. The number of piperazine rings is 1. The predicted molar refractivity (Wildman–Crippen MR) is 132 cm³/mol. The van der Waals surface area contributed by atoms with E-state index in [-0.39, 0.29) is 11.5 Å². The highest BCUT2D eigenvalue weighted by molar-refractivity contribution is 6.00. The molecule has 3 heterocycles. The SMILES string of the molecule is Cc1c(C(=O)NCCCN2CCN(C)CC2)oc2ccc3c(c12)C(O)CC1(CCCCCC1)O3. The fraction of sp³-hybridized carbons (Fsp3) is 0.667. The molecule has 2 N–H and O–H groups in total. The van der Waals surface area contributed by atoms with E-state index in [1.165, 1.54) is 12.8 Å². The second kappa shape index (κ2) is 9.88. The van der Waals surface area contributed by atoms with Crippen LogP contribution in [0, 0.1) is 6.92 Å². The summed E-state index contributed by atoms with van der Waals surface area (Å²) >= 11 is 0. The lowest BCUT2D eigenvalue weighted by atomic mass is 9.82. The van der Waals surface area contributed by atoms with Gasteiger partial charge in [0, 0.05) is 55.7 Å². The Bertz CT molecular complexity index is 1020. The normalized spacial score (nSPS) is 23.4. The zero-order chi connectivity index (χ0) is 23.7. The number of carbonyl (C=O) groups excluding carboxylic acids is 1. The van der Waals surface area contributed by atoms with Gasteiger partial charge in [-0.05, 0) is 64.8 Å². The first kappa shape index (κ1) is 23.6. The van der Waals surface area contributed by atoms with Gasteiger partial charge in [0.25, 0.3) is 5.91 Å². The molecule has 0 bridgehead atoms. The van der Waals surface area contributed by atoms with Crippen LogP contribution in [-0.4, -0.2) is 72.7 Å². The van der Waals surface area contributed by atoms with Crippen LogP contribution in [0.4, 0.5) is 0 Å². The molecule has 186 valence electrons. The Morgan fingerprint density at radius 3 is 2.62 bits per heavy atom. The molecular formula is C27H39N3O4. The van der Waals surface area contributed by atoms with Crippen molar-refractivity contribution < 1.29 is 19.1 Å². The Kier molecular flexibility index (Phi) is 6.87. The molecular weight excluding hydrogens is 430 g/mol. The molecule has 34 heavy (non-hydrogen) atoms. The number of nitrogens with zero attached hydrogens (tertiary/aromatic N) is 2. The highest BCUT2D eigenvalue weighted by atomic mass is 16.5. The predicted octanol–water partition coefficient (Wildman–Crippen LogP) is 4.02. The zero-order valence-corrected chi connectivity index (χ0v) is 20.7. The number of nitrogens with one attached hydrogen (secondary N) is 1. The smallest absolute Gasteiger partial charge is 0.287 e. The van der Waals surface area contributed by atoms with Crippen molar-refractivity contribution in [1.29, 1.82) is 0 Å². The number of furan rings is 1. The molecule has 1 spiro atoms. The van der Waals surface area contributed by atoms with E-state index < -0.39 is 6.10 Å². The van der Waals surface area contributed by atoms with Gasteiger partial charge in [0.2, 0.25) is 0 Å². The minimum atomic E-state index is -0.610. The number of aliphatic hydroxyl groups is 1. The van der Waals surface area contributed by atoms with Gasteiger partial charge in [-0.15, -0.1) is 0 Å². The van der Waals surface area contributed by atoms with Gasteiger partial charge in [0.1, 0.15) is 16.9 Å². The average Bonchev–Trinajstić information content (AvgIpc) is 3.00. The van der Waals surface area contributed by atoms with Crippen LogP contribution in [0.15, 0.2) is 16.5 Å². The Morgan fingerprint density at radius 1 is 1.15 bits per heavy atom. The number of aliphatic hydroxyl groups excluding tert-OH is 1. The van der Waals surface area contributed by atoms with Gasteiger partial charge in [-0.3, -0.25) is 4.79 Å². The molecule has 1 unspecified atom stereocenters. The number of ether oxygens (including phenoxy) is 1. The van der Waals surface area contributed by atoms with E-state index in [0.717, 1.165) is 87.1 Å². The molecule has 1 aromatic heterocycles. The third-order valence-electron chi connectivity index (χ3n) is 8.07. The number of hydrogen-bond donors (Lipinski definition) is 2. The average molecular weight is 470 g/mol. The summed E-state index contributed by atoms with van der Waals surface area (Å²) in [6.07, 6.45) is 7.67. The number of carbonyl (C=O) groups is 1. The molecule has 7 heteroatoms. The lowest BCUT2D eigenvalue weighted by Crippen LogP contribution is -2.45. The van der Waals surface area contributed by atoms with Crippen LogP contribution in [0.3, 0.4) is 0 Å². The van der Waals surface area contributed by atoms with Crippen molar-refractivity contribution in [3.63, 3.8) is 0 Å². The minimum absolute atomic E-state index is 0.188. The van der Waals surface area contributed by atoms with Gasteiger partial charge in [0.15, 0.2) is 5.76 Å². The first-order valence-electron chi connectivity index (χ1n) is 13.1. The topological polar surface area (TPSA) is 78.2 Å². The maximum atomic E-state index is 12.9. The van der Waals surface area contributed by atoms with Crippen LogP contribution < -0.4 is 10.1 Å². The number of amides is 1. The van der Waals surface area contributed by atoms with Gasteiger partial charge < -0.3 is 29.4 Å². The summed E-state index contributed by atoms with van der Waals surface area (Å²) in [5.41, 5.74) is 1.93. The number of aryl methyl sites for hydroxylation is 1. The maximum Gasteiger partial charge on any atom is 0.287 e. The van der Waals surface area contributed by atoms with Gasteiger partial charge >= 0.3 is 0 Å². The van der Waals surface area contributed by atoms with E-state index in [1.807, 2.05) is 19.1 Å². The van der Waals surface area contributed by atoms with Crippen LogP contribution in [0.25, 0.3) is 11.0 Å². The van der Waals surface area contributed by atoms with Gasteiger partial charge in [0.05, 0.1) is 6.10 Å². The second-order valence-corrected chi connectivity index (χ2v) is 10.6. The first-order chi connectivity index (χ1) is 16.5. The van der Waals surface area contributed by atoms with Gasteiger partial charge in [-0.25, -0.2) is 0 Å². The molecule has 1 atom stereocenters. The van der Waals surface area contributed by atoms with E-state index in [0.29, 0.717) is 24.3 Å². The Labute approximate surface area is 202 Å². The van der Waals surface area contributed by atoms with Crippen LogP contribution >= 0.6 is 0 Å². The fourth-order valence-corrected chi connectivity index (χ4v) is 6.05. The highest BCUT2D eigenvalue weighted by Gasteiger charge is 2.42. The van der Waals surface area contributed by atoms with Crippen LogP contribution in [-0.2, 0) is 0 Å². The van der Waals surface area contributed by atoms with Crippen LogP contribution in [0.2, 0.25) is 0 Å². The van der Waals surface area contributed by atoms with Crippen molar-refractivity contribution in [3.8, 4) is 5.75 Å². The largest absolute Gasteiger partial charge is 0.487 e. The summed E-state index contributed by atoms with van der Waals surface area (Å²) in [4.78, 5) is 17.7. The molecule has 1 aromatic carbocycles. The van der Waals surface area contributed by atoms with E-state index in [1.54, 1.807) is 0 Å². The number of fused-ring (bicyclic) bond motifs is 3. The van der Waals surface area contributed by atoms with Crippen molar-refractivity contribution in [2.45, 2.75) is 70.0 Å². The number of likely N-dealkylation sites (N-methyl/N-ethyl adjacent to an activating group) is 1. The summed E-state index contributed by atoms with van der Waals surface area (Å²) in [7, 11) is 2.16. The lowest BCUT2D eigenvalue weighted by Gasteiger charge is -2.40. The second-order valence-electron chi connectivity index (χ2n) is 10.6. The van der Waals surface area contributed by atoms with Crippen molar-refractivity contribution in [3.05, 3.63) is 29.0 Å². The molecule has 5 rings (SSSR count). The first-order valence-corrected chi connectivity index (χ1v) is 13.1. The molecule has 0 radical (unpaired) electrons. The summed E-state index contributed by atoms with van der Waals surface area (Å²) in [6.45, 7) is 7.90. The Morgan fingerprint density at radius 2 is 1.88 bits per heavy atom. The number of hydrogen-bond acceptors (Lipinski definition) is 6. The van der Waals surface area contributed by atoms with E-state index in [2.05, 4.69) is 22.2 Å². The Balaban J connectivity index is 1.28. The molecule has 2 aromatic rings. The summed E-state index contributed by atoms with van der Waals surface area (Å²) in [6, 6.07) is 3.79. The lowest BCUT2D eigenvalue weighted by molar-refractivity contribution is -0.0236. The molecule has 7 nitrogen and oxygen atoms in total. The van der Waals surface area contributed by atoms with Crippen molar-refractivity contribution in [2.75, 3.05) is 46.3 Å². The molecule has 1 amide bonds. The minimum Gasteiger partial charge on any atom is -0.487 e. The monoisotopic (exact) mass is 469 g/mol.